The molecule has 3 N–H and O–H groups in total. The van der Waals surface area contributed by atoms with Crippen molar-refractivity contribution < 1.29 is 0 Å². The third-order valence-electron chi connectivity index (χ3n) is 2.21. The van der Waals surface area contributed by atoms with Crippen LogP contribution in [0.4, 0.5) is 5.82 Å². The minimum absolute atomic E-state index is 0.352. The Morgan fingerprint density at radius 3 is 2.93 bits per heavy atom. The fourth-order valence-corrected chi connectivity index (χ4v) is 1.36. The largest absolute Gasteiger partial charge is 0.366 e. The molecule has 1 unspecified atom stereocenters. The van der Waals surface area contributed by atoms with Crippen molar-refractivity contribution in [1.82, 2.24) is 4.98 Å². The molecule has 0 saturated heterocycles. The monoisotopic (exact) mass is 193 g/mol. The van der Waals surface area contributed by atoms with Crippen molar-refractivity contribution in [3.05, 3.63) is 24.4 Å². The van der Waals surface area contributed by atoms with Crippen molar-refractivity contribution >= 4 is 5.82 Å². The topological polar surface area (TPSA) is 50.9 Å². The van der Waals surface area contributed by atoms with Gasteiger partial charge in [0.2, 0.25) is 0 Å². The van der Waals surface area contributed by atoms with E-state index in [-0.39, 0.29) is 0 Å². The van der Waals surface area contributed by atoms with Gasteiger partial charge in [0.25, 0.3) is 0 Å². The van der Waals surface area contributed by atoms with Crippen molar-refractivity contribution in [3.63, 3.8) is 0 Å². The molecular formula is C11H19N3. The Kier molecular flexibility index (Phi) is 5.00. The number of unbranched alkanes of at least 4 members (excludes halogenated alkanes) is 1. The van der Waals surface area contributed by atoms with Crippen molar-refractivity contribution in [2.24, 2.45) is 5.73 Å². The normalized spacial score (nSPS) is 12.4. The summed E-state index contributed by atoms with van der Waals surface area (Å²) in [5.41, 5.74) is 5.67. The molecule has 1 heterocycles. The molecule has 0 fully saturated rings. The molecule has 14 heavy (non-hydrogen) atoms. The van der Waals surface area contributed by atoms with Crippen LogP contribution in [0.25, 0.3) is 0 Å². The van der Waals surface area contributed by atoms with Gasteiger partial charge in [-0.1, -0.05) is 25.8 Å². The highest BCUT2D eigenvalue weighted by atomic mass is 15.0. The smallest absolute Gasteiger partial charge is 0.126 e. The number of aromatic nitrogens is 1. The van der Waals surface area contributed by atoms with E-state index in [1.165, 1.54) is 12.8 Å². The Balaban J connectivity index is 2.40. The maximum Gasteiger partial charge on any atom is 0.126 e. The van der Waals surface area contributed by atoms with Crippen LogP contribution in [0, 0.1) is 0 Å². The quantitative estimate of drug-likeness (QED) is 0.726. The zero-order valence-electron chi connectivity index (χ0n) is 8.74. The van der Waals surface area contributed by atoms with E-state index in [1.54, 1.807) is 6.20 Å². The lowest BCUT2D eigenvalue weighted by Crippen LogP contribution is -2.29. The van der Waals surface area contributed by atoms with Gasteiger partial charge in [-0.2, -0.15) is 0 Å². The predicted molar refractivity (Wildman–Crippen MR) is 60.2 cm³/mol. The fraction of sp³-hybridized carbons (Fsp3) is 0.545. The van der Waals surface area contributed by atoms with Gasteiger partial charge in [-0.05, 0) is 18.6 Å². The van der Waals surface area contributed by atoms with Gasteiger partial charge in [0.05, 0.1) is 0 Å². The molecule has 3 heteroatoms. The van der Waals surface area contributed by atoms with Crippen LogP contribution in [0.1, 0.15) is 26.2 Å². The van der Waals surface area contributed by atoms with E-state index < -0.39 is 0 Å². The molecule has 0 aliphatic rings. The minimum atomic E-state index is 0.352. The Hall–Kier alpha value is -1.09. The number of rotatable bonds is 6. The minimum Gasteiger partial charge on any atom is -0.366 e. The summed E-state index contributed by atoms with van der Waals surface area (Å²) in [5, 5.41) is 3.33. The molecule has 0 aliphatic heterocycles. The van der Waals surface area contributed by atoms with Crippen LogP contribution in [0.15, 0.2) is 24.4 Å². The molecule has 0 amide bonds. The lowest BCUT2D eigenvalue weighted by Gasteiger charge is -2.16. The van der Waals surface area contributed by atoms with Crippen molar-refractivity contribution in [2.45, 2.75) is 32.2 Å². The first kappa shape index (κ1) is 11.0. The number of anilines is 1. The van der Waals surface area contributed by atoms with Crippen LogP contribution in [-0.2, 0) is 0 Å². The number of nitrogens with one attached hydrogen (secondary N) is 1. The van der Waals surface area contributed by atoms with Crippen molar-refractivity contribution in [1.29, 1.82) is 0 Å². The van der Waals surface area contributed by atoms with Crippen LogP contribution >= 0.6 is 0 Å². The van der Waals surface area contributed by atoms with E-state index >= 15 is 0 Å². The number of nitrogens with zero attached hydrogens (tertiary/aromatic N) is 1. The second-order valence-electron chi connectivity index (χ2n) is 3.43. The molecule has 0 bridgehead atoms. The summed E-state index contributed by atoms with van der Waals surface area (Å²) in [5.74, 6) is 0.916. The average Bonchev–Trinajstić information content (AvgIpc) is 2.25. The zero-order chi connectivity index (χ0) is 10.2. The molecule has 0 radical (unpaired) electrons. The molecular weight excluding hydrogens is 174 g/mol. The van der Waals surface area contributed by atoms with Crippen LogP contribution < -0.4 is 11.1 Å². The summed E-state index contributed by atoms with van der Waals surface area (Å²) in [4.78, 5) is 4.21. The molecule has 1 atom stereocenters. The highest BCUT2D eigenvalue weighted by Crippen LogP contribution is 2.07. The van der Waals surface area contributed by atoms with Crippen LogP contribution in [0.2, 0.25) is 0 Å². The summed E-state index contributed by atoms with van der Waals surface area (Å²) in [7, 11) is 0. The maximum absolute atomic E-state index is 5.67. The lowest BCUT2D eigenvalue weighted by atomic mass is 10.1. The van der Waals surface area contributed by atoms with Crippen LogP contribution in [-0.4, -0.2) is 17.6 Å². The third-order valence-corrected chi connectivity index (χ3v) is 2.21. The van der Waals surface area contributed by atoms with E-state index in [4.69, 9.17) is 5.73 Å². The third kappa shape index (κ3) is 3.75. The van der Waals surface area contributed by atoms with E-state index in [9.17, 15) is 0 Å². The van der Waals surface area contributed by atoms with Gasteiger partial charge in [0.15, 0.2) is 0 Å². The Morgan fingerprint density at radius 1 is 1.50 bits per heavy atom. The van der Waals surface area contributed by atoms with E-state index in [2.05, 4.69) is 17.2 Å². The molecule has 0 aliphatic carbocycles. The Bertz CT molecular complexity index is 236. The summed E-state index contributed by atoms with van der Waals surface area (Å²) < 4.78 is 0. The zero-order valence-corrected chi connectivity index (χ0v) is 8.74. The predicted octanol–water partition coefficient (Wildman–Crippen LogP) is 2.01. The van der Waals surface area contributed by atoms with Crippen LogP contribution in [0.5, 0.6) is 0 Å². The second-order valence-corrected chi connectivity index (χ2v) is 3.43. The van der Waals surface area contributed by atoms with Gasteiger partial charge in [-0.3, -0.25) is 0 Å². The van der Waals surface area contributed by atoms with E-state index in [0.29, 0.717) is 12.6 Å². The van der Waals surface area contributed by atoms with E-state index in [1.807, 2.05) is 18.2 Å². The number of pyridine rings is 1. The fourth-order valence-electron chi connectivity index (χ4n) is 1.36. The average molecular weight is 193 g/mol. The molecule has 0 aromatic carbocycles. The van der Waals surface area contributed by atoms with Gasteiger partial charge in [-0.15, -0.1) is 0 Å². The van der Waals surface area contributed by atoms with Crippen molar-refractivity contribution in [2.75, 3.05) is 11.9 Å². The summed E-state index contributed by atoms with van der Waals surface area (Å²) in [6, 6.07) is 6.20. The first-order valence-electron chi connectivity index (χ1n) is 5.24. The summed E-state index contributed by atoms with van der Waals surface area (Å²) >= 11 is 0. The number of nitrogens with two attached hydrogens (primary N) is 1. The SMILES string of the molecule is CCCCC(CN)Nc1ccccn1. The summed E-state index contributed by atoms with van der Waals surface area (Å²) in [6.07, 6.45) is 5.32. The maximum atomic E-state index is 5.67. The molecule has 0 spiro atoms. The molecule has 1 aromatic rings. The van der Waals surface area contributed by atoms with Gasteiger partial charge in [-0.25, -0.2) is 4.98 Å². The highest BCUT2D eigenvalue weighted by Gasteiger charge is 2.05. The number of hydrogen-bond acceptors (Lipinski definition) is 3. The van der Waals surface area contributed by atoms with Gasteiger partial charge < -0.3 is 11.1 Å². The molecule has 1 rings (SSSR count). The molecule has 78 valence electrons. The molecule has 3 nitrogen and oxygen atoms in total. The van der Waals surface area contributed by atoms with E-state index in [0.717, 1.165) is 12.2 Å². The van der Waals surface area contributed by atoms with Gasteiger partial charge >= 0.3 is 0 Å². The second kappa shape index (κ2) is 6.38. The summed E-state index contributed by atoms with van der Waals surface area (Å²) in [6.45, 7) is 2.85. The lowest BCUT2D eigenvalue weighted by molar-refractivity contribution is 0.612. The van der Waals surface area contributed by atoms with Gasteiger partial charge in [0.1, 0.15) is 5.82 Å². The highest BCUT2D eigenvalue weighted by molar-refractivity contribution is 5.34. The first-order chi connectivity index (χ1) is 6.86. The molecule has 1 aromatic heterocycles. The first-order valence-corrected chi connectivity index (χ1v) is 5.24. The van der Waals surface area contributed by atoms with Crippen LogP contribution in [0.3, 0.4) is 0 Å². The van der Waals surface area contributed by atoms with Gasteiger partial charge in [0, 0.05) is 18.8 Å². The van der Waals surface area contributed by atoms with Crippen molar-refractivity contribution in [3.8, 4) is 0 Å². The molecule has 0 saturated carbocycles. The Morgan fingerprint density at radius 2 is 2.36 bits per heavy atom. The Labute approximate surface area is 85.7 Å². The standard InChI is InChI=1S/C11H19N3/c1-2-3-6-10(9-12)14-11-7-4-5-8-13-11/h4-5,7-8,10H,2-3,6,9,12H2,1H3,(H,13,14). The number of hydrogen-bond donors (Lipinski definition) is 2.